The number of quaternary nitrogens is 1. The van der Waals surface area contributed by atoms with Gasteiger partial charge in [-0.2, -0.15) is 124 Å². The first-order valence-electron chi connectivity index (χ1n) is 33.9. The highest BCUT2D eigenvalue weighted by molar-refractivity contribution is 6.39. The Morgan fingerprint density at radius 2 is 0.566 bits per heavy atom. The first kappa shape index (κ1) is 87.8. The number of hydrogen-bond acceptors (Lipinski definition) is 3. The molecule has 4 nitrogen and oxygen atoms in total. The standard InChI is InChI=1S/C62H87BF18NO3.C8H3F6/c1-5-9-13-17-21-22-23-24-25-26-30-34-54(82(35-31-27-18-14-10-6-2,36-32-28-19-15-11-7-3)37-33-29-20-16-12-8-4)56-53(62(79,80)81)44-50(61(76,77)78)45-55(56)85-63(83-51-40-46(57(64,65)66)38-47(41-51)58(67,68)69)84-52-42-48(59(70,71)72)39-49(43-52)60(73,74)75;9-7(10,11)5-2-1-3-6(4-5)8(12,13)14/h38-45,54H,5-37H2,1-4H3;2-4H/q+1;-1. The Morgan fingerprint density at radius 1 is 0.303 bits per heavy atom. The largest absolute Gasteiger partial charge is 0.864 e. The Kier molecular flexibility index (Phi) is 35.9. The molecule has 0 amide bonds. The van der Waals surface area contributed by atoms with E-state index in [1.54, 1.807) is 6.07 Å². The Labute approximate surface area is 565 Å². The predicted octanol–water partition coefficient (Wildman–Crippen LogP) is 27.5. The van der Waals surface area contributed by atoms with Gasteiger partial charge in [-0.05, 0) is 93.5 Å². The lowest BCUT2D eigenvalue weighted by molar-refractivity contribution is -0.958. The molecule has 4 aromatic carbocycles. The lowest BCUT2D eigenvalue weighted by atomic mass is 9.87. The summed E-state index contributed by atoms with van der Waals surface area (Å²) in [6.07, 6.45) is -20.7. The van der Waals surface area contributed by atoms with Gasteiger partial charge in [0.15, 0.2) is 0 Å². The zero-order valence-corrected chi connectivity index (χ0v) is 56.1. The van der Waals surface area contributed by atoms with E-state index in [9.17, 15) is 79.0 Å². The van der Waals surface area contributed by atoms with Crippen molar-refractivity contribution in [1.82, 2.24) is 0 Å². The minimum Gasteiger partial charge on any atom is -0.490 e. The second kappa shape index (κ2) is 40.5. The lowest BCUT2D eigenvalue weighted by Crippen LogP contribution is -2.53. The molecule has 564 valence electrons. The SMILES string of the molecule is CCCCCCCCCCCCCC(c1c(OB(Oc2cc(C(F)(F)F)cc(C(F)(F)F)c2)Oc2cc(C(F)(F)F)cc(C(F)(F)F)c2)cc(C(F)(F)F)cc1C(F)(F)F)[N+](CCCCCCCC)(CCCCCCCC)CCCCCCCC.FC(F)(F)c1c[c-]cc(C(F)(F)F)c1. The number of unbranched alkanes of at least 4 members (excludes halogenated alkanes) is 25. The van der Waals surface area contributed by atoms with E-state index in [2.05, 4.69) is 6.92 Å². The summed E-state index contributed by atoms with van der Waals surface area (Å²) in [6.45, 7) is 8.79. The molecular formula is C70H90BF24NO3. The van der Waals surface area contributed by atoms with Crippen LogP contribution in [-0.4, -0.2) is 31.4 Å². The topological polar surface area (TPSA) is 27.7 Å². The molecule has 0 saturated heterocycles. The van der Waals surface area contributed by atoms with Crippen LogP contribution in [-0.2, 0) is 49.4 Å². The minimum absolute atomic E-state index is 0.0521. The van der Waals surface area contributed by atoms with Gasteiger partial charge in [0, 0.05) is 6.42 Å². The van der Waals surface area contributed by atoms with Crippen molar-refractivity contribution in [2.75, 3.05) is 19.6 Å². The maximum Gasteiger partial charge on any atom is 0.864 e. The van der Waals surface area contributed by atoms with Gasteiger partial charge in [0.05, 0.1) is 58.6 Å². The van der Waals surface area contributed by atoms with Gasteiger partial charge in [0.25, 0.3) is 0 Å². The van der Waals surface area contributed by atoms with Crippen molar-refractivity contribution in [3.05, 3.63) is 123 Å². The van der Waals surface area contributed by atoms with Crippen LogP contribution < -0.4 is 14.0 Å². The van der Waals surface area contributed by atoms with Crippen LogP contribution in [0.15, 0.2) is 66.7 Å². The van der Waals surface area contributed by atoms with E-state index in [0.29, 0.717) is 63.5 Å². The van der Waals surface area contributed by atoms with Crippen molar-refractivity contribution < 1.29 is 124 Å². The Balaban J connectivity index is 0.00000161. The first-order chi connectivity index (χ1) is 46.0. The summed E-state index contributed by atoms with van der Waals surface area (Å²) in [5.41, 5.74) is -15.8. The van der Waals surface area contributed by atoms with Crippen molar-refractivity contribution in [3.63, 3.8) is 0 Å². The van der Waals surface area contributed by atoms with Crippen LogP contribution in [0.2, 0.25) is 0 Å². The Morgan fingerprint density at radius 3 is 0.848 bits per heavy atom. The Bertz CT molecular complexity index is 2720. The third-order valence-corrected chi connectivity index (χ3v) is 17.0. The fraction of sp³-hybridized carbons (Fsp3) is 0.657. The summed E-state index contributed by atoms with van der Waals surface area (Å²) >= 11 is 0. The molecule has 0 radical (unpaired) electrons. The number of halogens is 24. The van der Waals surface area contributed by atoms with Gasteiger partial charge >= 0.3 is 56.7 Å². The number of hydrogen-bond donors (Lipinski definition) is 0. The summed E-state index contributed by atoms with van der Waals surface area (Å²) in [6, 6.07) is 0.291. The minimum atomic E-state index is -5.66. The van der Waals surface area contributed by atoms with Gasteiger partial charge in [-0.15, -0.1) is 6.07 Å². The molecule has 4 aromatic rings. The molecule has 0 aliphatic carbocycles. The molecule has 29 heteroatoms. The van der Waals surface area contributed by atoms with Gasteiger partial charge in [-0.1, -0.05) is 180 Å². The molecule has 0 aliphatic heterocycles. The van der Waals surface area contributed by atoms with E-state index in [-0.39, 0.29) is 91.6 Å². The van der Waals surface area contributed by atoms with E-state index >= 15 is 26.3 Å². The van der Waals surface area contributed by atoms with Crippen molar-refractivity contribution in [2.45, 2.75) is 276 Å². The summed E-state index contributed by atoms with van der Waals surface area (Å²) in [4.78, 5) is 0. The molecule has 0 saturated carbocycles. The van der Waals surface area contributed by atoms with Crippen LogP contribution in [0.5, 0.6) is 17.2 Å². The molecule has 0 aromatic heterocycles. The van der Waals surface area contributed by atoms with Gasteiger partial charge in [0.2, 0.25) is 0 Å². The van der Waals surface area contributed by atoms with E-state index < -0.39 is 130 Å². The summed E-state index contributed by atoms with van der Waals surface area (Å²) in [7, 11) is -3.28. The van der Waals surface area contributed by atoms with E-state index in [0.717, 1.165) is 128 Å². The van der Waals surface area contributed by atoms with Crippen LogP contribution in [0.1, 0.15) is 276 Å². The van der Waals surface area contributed by atoms with Crippen LogP contribution in [0, 0.1) is 6.07 Å². The second-order valence-electron chi connectivity index (χ2n) is 25.1. The smallest absolute Gasteiger partial charge is 0.490 e. The van der Waals surface area contributed by atoms with Crippen LogP contribution in [0.3, 0.4) is 0 Å². The number of rotatable bonds is 41. The van der Waals surface area contributed by atoms with Crippen LogP contribution in [0.25, 0.3) is 0 Å². The highest BCUT2D eigenvalue weighted by Crippen LogP contribution is 2.50. The van der Waals surface area contributed by atoms with E-state index in [4.69, 9.17) is 14.0 Å². The van der Waals surface area contributed by atoms with Crippen LogP contribution >= 0.6 is 0 Å². The summed E-state index contributed by atoms with van der Waals surface area (Å²) < 4.78 is 354. The molecule has 0 spiro atoms. The molecular weight excluding hydrogens is 1370 g/mol. The Hall–Kier alpha value is -5.38. The van der Waals surface area contributed by atoms with Gasteiger partial charge in [-0.25, -0.2) is 0 Å². The molecule has 99 heavy (non-hydrogen) atoms. The number of nitrogens with zero attached hydrogens (tertiary/aromatic N) is 1. The monoisotopic (exact) mass is 1460 g/mol. The van der Waals surface area contributed by atoms with Crippen LogP contribution in [0.4, 0.5) is 105 Å². The third-order valence-electron chi connectivity index (χ3n) is 17.0. The zero-order valence-electron chi connectivity index (χ0n) is 56.1. The molecule has 0 bridgehead atoms. The van der Waals surface area contributed by atoms with E-state index in [1.807, 2.05) is 20.8 Å². The summed E-state index contributed by atoms with van der Waals surface area (Å²) in [5.74, 6) is -4.46. The van der Waals surface area contributed by atoms with Gasteiger partial charge < -0.3 is 18.4 Å². The van der Waals surface area contributed by atoms with Gasteiger partial charge in [0.1, 0.15) is 23.3 Å². The lowest BCUT2D eigenvalue weighted by Gasteiger charge is -2.47. The highest BCUT2D eigenvalue weighted by atomic mass is 19.4. The molecule has 0 N–H and O–H groups in total. The number of benzene rings is 4. The average Bonchev–Trinajstić information content (AvgIpc) is 0.728. The normalized spacial score (nSPS) is 13.3. The molecule has 1 unspecified atom stereocenters. The third kappa shape index (κ3) is 31.8. The maximum absolute atomic E-state index is 16.2. The predicted molar refractivity (Wildman–Crippen MR) is 331 cm³/mol. The maximum atomic E-state index is 16.2. The average molecular weight is 1460 g/mol. The van der Waals surface area contributed by atoms with Crippen molar-refractivity contribution in [3.8, 4) is 17.2 Å². The van der Waals surface area contributed by atoms with Crippen molar-refractivity contribution >= 4 is 7.32 Å². The molecule has 1 atom stereocenters. The van der Waals surface area contributed by atoms with Crippen molar-refractivity contribution in [1.29, 1.82) is 0 Å². The molecule has 4 rings (SSSR count). The summed E-state index contributed by atoms with van der Waals surface area (Å²) in [5, 5.41) is 0. The fourth-order valence-electron chi connectivity index (χ4n) is 11.8. The quantitative estimate of drug-likeness (QED) is 0.0146. The fourth-order valence-corrected chi connectivity index (χ4v) is 11.8. The molecule has 0 aliphatic rings. The van der Waals surface area contributed by atoms with Gasteiger partial charge in [-0.3, -0.25) is 0 Å². The van der Waals surface area contributed by atoms with Crippen molar-refractivity contribution in [2.24, 2.45) is 0 Å². The number of alkyl halides is 24. The second-order valence-corrected chi connectivity index (χ2v) is 25.1. The highest BCUT2D eigenvalue weighted by Gasteiger charge is 2.49. The molecule has 0 fully saturated rings. The first-order valence-corrected chi connectivity index (χ1v) is 33.9. The van der Waals surface area contributed by atoms with E-state index in [1.165, 1.54) is 0 Å². The zero-order chi connectivity index (χ0) is 74.5. The molecule has 0 heterocycles.